The van der Waals surface area contributed by atoms with E-state index in [0.717, 1.165) is 114 Å². The predicted octanol–water partition coefficient (Wildman–Crippen LogP) is 25.2. The molecule has 19 heteroatoms. The fourth-order valence-corrected chi connectivity index (χ4v) is 14.5. The van der Waals surface area contributed by atoms with Gasteiger partial charge in [-0.25, -0.2) is 9.13 Å². The first-order chi connectivity index (χ1) is 49.6. The van der Waals surface area contributed by atoms with E-state index in [1.807, 2.05) is 0 Å². The smallest absolute Gasteiger partial charge is 0.462 e. The fourth-order valence-electron chi connectivity index (χ4n) is 12.9. The van der Waals surface area contributed by atoms with Crippen LogP contribution in [0.5, 0.6) is 0 Å². The largest absolute Gasteiger partial charge is 0.472 e. The molecule has 6 atom stereocenters. The third kappa shape index (κ3) is 76.6. The van der Waals surface area contributed by atoms with Crippen molar-refractivity contribution < 1.29 is 80.2 Å². The molecule has 0 saturated heterocycles. The molecule has 0 amide bonds. The van der Waals surface area contributed by atoms with Crippen molar-refractivity contribution in [2.75, 3.05) is 39.6 Å². The molecule has 0 heterocycles. The van der Waals surface area contributed by atoms with Gasteiger partial charge in [0.15, 0.2) is 12.2 Å². The van der Waals surface area contributed by atoms with Crippen molar-refractivity contribution in [1.29, 1.82) is 0 Å². The van der Waals surface area contributed by atoms with E-state index < -0.39 is 97.5 Å². The number of unbranched alkanes of at least 4 members (excludes halogenated alkanes) is 46. The zero-order valence-electron chi connectivity index (χ0n) is 68.0. The summed E-state index contributed by atoms with van der Waals surface area (Å²) in [5.74, 6) is 1.05. The third-order valence-corrected chi connectivity index (χ3v) is 21.8. The van der Waals surface area contributed by atoms with Crippen molar-refractivity contribution >= 4 is 39.5 Å². The van der Waals surface area contributed by atoms with Crippen molar-refractivity contribution in [3.8, 4) is 0 Å². The Balaban J connectivity index is 5.26. The summed E-state index contributed by atoms with van der Waals surface area (Å²) >= 11 is 0. The number of carbonyl (C=O) groups excluding carboxylic acids is 4. The molecule has 0 fully saturated rings. The molecule has 0 aliphatic rings. The molecule has 0 aliphatic carbocycles. The van der Waals surface area contributed by atoms with Crippen molar-refractivity contribution in [2.24, 2.45) is 23.7 Å². The van der Waals surface area contributed by atoms with E-state index >= 15 is 0 Å². The van der Waals surface area contributed by atoms with Crippen LogP contribution in [-0.4, -0.2) is 96.7 Å². The molecule has 612 valence electrons. The highest BCUT2D eigenvalue weighted by Crippen LogP contribution is 2.45. The van der Waals surface area contributed by atoms with Crippen molar-refractivity contribution in [2.45, 2.75) is 453 Å². The Morgan fingerprint density at radius 1 is 0.272 bits per heavy atom. The van der Waals surface area contributed by atoms with Crippen LogP contribution < -0.4 is 0 Å². The van der Waals surface area contributed by atoms with Crippen LogP contribution in [0.2, 0.25) is 0 Å². The van der Waals surface area contributed by atoms with Crippen LogP contribution in [0.25, 0.3) is 0 Å². The molecule has 0 aromatic carbocycles. The van der Waals surface area contributed by atoms with E-state index in [9.17, 15) is 43.2 Å². The summed E-state index contributed by atoms with van der Waals surface area (Å²) < 4.78 is 68.9. The van der Waals surface area contributed by atoms with E-state index in [4.69, 9.17) is 37.0 Å². The van der Waals surface area contributed by atoms with E-state index in [1.165, 1.54) is 238 Å². The maximum atomic E-state index is 13.1. The van der Waals surface area contributed by atoms with Crippen molar-refractivity contribution in [1.82, 2.24) is 0 Å². The molecule has 0 aromatic heterocycles. The Bertz CT molecular complexity index is 2010. The molecule has 3 unspecified atom stereocenters. The van der Waals surface area contributed by atoms with Gasteiger partial charge in [-0.1, -0.05) is 383 Å². The van der Waals surface area contributed by atoms with Gasteiger partial charge in [0.1, 0.15) is 19.3 Å². The minimum atomic E-state index is -4.97. The molecule has 0 saturated carbocycles. The van der Waals surface area contributed by atoms with E-state index in [2.05, 4.69) is 55.4 Å². The lowest BCUT2D eigenvalue weighted by molar-refractivity contribution is -0.161. The summed E-state index contributed by atoms with van der Waals surface area (Å²) in [6.45, 7) is 14.3. The van der Waals surface area contributed by atoms with Gasteiger partial charge in [-0.3, -0.25) is 37.3 Å². The molecule has 0 rings (SSSR count). The number of rotatable bonds is 81. The lowest BCUT2D eigenvalue weighted by atomic mass is 9.99. The molecule has 3 N–H and O–H groups in total. The second-order valence-electron chi connectivity index (χ2n) is 31.9. The van der Waals surface area contributed by atoms with Gasteiger partial charge in [-0.2, -0.15) is 0 Å². The zero-order chi connectivity index (χ0) is 76.0. The van der Waals surface area contributed by atoms with Crippen molar-refractivity contribution in [3.05, 3.63) is 0 Å². The maximum absolute atomic E-state index is 13.1. The van der Waals surface area contributed by atoms with Gasteiger partial charge in [-0.05, 0) is 49.4 Å². The molecular formula is C84H164O17P2. The number of aliphatic hydroxyl groups excluding tert-OH is 1. The van der Waals surface area contributed by atoms with Crippen molar-refractivity contribution in [3.63, 3.8) is 0 Å². The normalized spacial score (nSPS) is 14.2. The standard InChI is InChI=1S/C84H164O17P2/c1-9-77(8)63-55-47-39-34-35-41-49-57-65-82(87)95-71-80(101-84(89)67-59-51-43-33-27-21-24-30-38-46-54-62-76(6)7)73-99-103(92,93)97-69-78(85)68-96-102(90,91)98-72-79(70-94-81(86)64-56-48-40-31-25-19-16-12-14-18-23-29-37-45-53-61-75(4)5)100-83(88)66-58-50-42-32-26-20-15-11-10-13-17-22-28-36-44-52-60-74(2)3/h74-80,85H,9-73H2,1-8H3,(H,90,91)(H,92,93)/t77?,78-,79-,80-/m1/s1. The molecule has 0 aliphatic heterocycles. The van der Waals surface area contributed by atoms with Gasteiger partial charge in [0.25, 0.3) is 0 Å². The average Bonchev–Trinajstić information content (AvgIpc) is 0.925. The number of phosphoric acid groups is 2. The number of aliphatic hydroxyl groups is 1. The SMILES string of the molecule is CCC(C)CCCCCCCCCCC(=O)OC[C@H](COP(=O)(O)OC[C@H](O)COP(=O)(O)OC[C@@H](COC(=O)CCCCCCCCCCCCCCCCCC(C)C)OC(=O)CCCCCCCCCCCCCCCCCCC(C)C)OC(=O)CCCCCCCCCCCCCC(C)C. The average molecular weight is 1510 g/mol. The topological polar surface area (TPSA) is 237 Å². The summed E-state index contributed by atoms with van der Waals surface area (Å²) in [6.07, 6.45) is 61.0. The van der Waals surface area contributed by atoms with Crippen LogP contribution in [0.4, 0.5) is 0 Å². The first-order valence-corrected chi connectivity index (χ1v) is 46.2. The minimum Gasteiger partial charge on any atom is -0.462 e. The molecule has 0 aromatic rings. The second-order valence-corrected chi connectivity index (χ2v) is 34.8. The molecule has 0 bridgehead atoms. The van der Waals surface area contributed by atoms with Gasteiger partial charge in [-0.15, -0.1) is 0 Å². The van der Waals surface area contributed by atoms with Gasteiger partial charge in [0.2, 0.25) is 0 Å². The Morgan fingerprint density at radius 3 is 0.689 bits per heavy atom. The van der Waals surface area contributed by atoms with Gasteiger partial charge < -0.3 is 33.8 Å². The Hall–Kier alpha value is -1.94. The Labute approximate surface area is 632 Å². The highest BCUT2D eigenvalue weighted by Gasteiger charge is 2.30. The van der Waals surface area contributed by atoms with Gasteiger partial charge in [0, 0.05) is 25.7 Å². The Morgan fingerprint density at radius 2 is 0.466 bits per heavy atom. The summed E-state index contributed by atoms with van der Waals surface area (Å²) in [6, 6.07) is 0. The van der Waals surface area contributed by atoms with Gasteiger partial charge >= 0.3 is 39.5 Å². The van der Waals surface area contributed by atoms with E-state index in [-0.39, 0.29) is 25.7 Å². The first-order valence-electron chi connectivity index (χ1n) is 43.2. The fraction of sp³-hybridized carbons (Fsp3) is 0.952. The molecular weight excluding hydrogens is 1340 g/mol. The highest BCUT2D eigenvalue weighted by molar-refractivity contribution is 7.47. The lowest BCUT2D eigenvalue weighted by Gasteiger charge is -2.21. The van der Waals surface area contributed by atoms with Crippen LogP contribution in [0.3, 0.4) is 0 Å². The van der Waals surface area contributed by atoms with Crippen LogP contribution >= 0.6 is 15.6 Å². The first kappa shape index (κ1) is 101. The summed E-state index contributed by atoms with van der Waals surface area (Å²) in [5.41, 5.74) is 0. The lowest BCUT2D eigenvalue weighted by Crippen LogP contribution is -2.30. The minimum absolute atomic E-state index is 0.106. The Kier molecular flexibility index (Phi) is 71.5. The third-order valence-electron chi connectivity index (χ3n) is 19.9. The quantitative estimate of drug-likeness (QED) is 0.0222. The zero-order valence-corrected chi connectivity index (χ0v) is 69.7. The van der Waals surface area contributed by atoms with Crippen LogP contribution in [0, 0.1) is 23.7 Å². The number of ether oxygens (including phenoxy) is 4. The van der Waals surface area contributed by atoms with Crippen LogP contribution in [0.1, 0.15) is 434 Å². The number of hydrogen-bond acceptors (Lipinski definition) is 15. The molecule has 0 spiro atoms. The molecule has 0 radical (unpaired) electrons. The number of hydrogen-bond donors (Lipinski definition) is 3. The van der Waals surface area contributed by atoms with E-state index in [0.29, 0.717) is 25.7 Å². The van der Waals surface area contributed by atoms with Crippen LogP contribution in [-0.2, 0) is 65.4 Å². The summed E-state index contributed by atoms with van der Waals surface area (Å²) in [7, 11) is -9.93. The van der Waals surface area contributed by atoms with E-state index in [1.54, 1.807) is 0 Å². The highest BCUT2D eigenvalue weighted by atomic mass is 31.2. The monoisotopic (exact) mass is 1510 g/mol. The number of carbonyl (C=O) groups is 4. The maximum Gasteiger partial charge on any atom is 0.472 e. The van der Waals surface area contributed by atoms with Crippen LogP contribution in [0.15, 0.2) is 0 Å². The molecule has 103 heavy (non-hydrogen) atoms. The number of esters is 4. The van der Waals surface area contributed by atoms with Gasteiger partial charge in [0.05, 0.1) is 26.4 Å². The molecule has 17 nitrogen and oxygen atoms in total. The second kappa shape index (κ2) is 72.9. The summed E-state index contributed by atoms with van der Waals surface area (Å²) in [5, 5.41) is 10.7. The summed E-state index contributed by atoms with van der Waals surface area (Å²) in [4.78, 5) is 73.2. The number of phosphoric ester groups is 2. The predicted molar refractivity (Wildman–Crippen MR) is 423 cm³/mol.